The Morgan fingerprint density at radius 1 is 0.857 bits per heavy atom. The summed E-state index contributed by atoms with van der Waals surface area (Å²) in [4.78, 5) is 0. The topological polar surface area (TPSA) is 0 Å². The number of hydrogen-bond acceptors (Lipinski definition) is 0. The molecule has 0 saturated carbocycles. The summed E-state index contributed by atoms with van der Waals surface area (Å²) in [6.45, 7) is 0. The van der Waals surface area contributed by atoms with Crippen LogP contribution in [0.5, 0.6) is 0 Å². The van der Waals surface area contributed by atoms with Gasteiger partial charge in [0.1, 0.15) is 0 Å². The molecule has 0 radical (unpaired) electrons. The van der Waals surface area contributed by atoms with Crippen LogP contribution in [-0.2, 0) is 22.4 Å². The summed E-state index contributed by atoms with van der Waals surface area (Å²) in [7, 11) is 0. The SMILES string of the molecule is [Fe][c]1cccc2c1Cc1ccccc1-2. The molecule has 0 spiro atoms. The molecule has 0 aromatic heterocycles. The molecule has 2 aromatic rings. The summed E-state index contributed by atoms with van der Waals surface area (Å²) in [6, 6.07) is 15.0. The van der Waals surface area contributed by atoms with E-state index in [9.17, 15) is 0 Å². The fourth-order valence-corrected chi connectivity index (χ4v) is 2.46. The maximum atomic E-state index is 4.08. The van der Waals surface area contributed by atoms with Crippen molar-refractivity contribution in [1.29, 1.82) is 0 Å². The van der Waals surface area contributed by atoms with Gasteiger partial charge >= 0.3 is 91.6 Å². The van der Waals surface area contributed by atoms with Crippen LogP contribution in [0, 0.1) is 0 Å². The quantitative estimate of drug-likeness (QED) is 0.511. The summed E-state index contributed by atoms with van der Waals surface area (Å²) in [5, 5.41) is 0. The molecular weight excluding hydrogens is 212 g/mol. The Hall–Kier alpha value is -1.04. The zero-order chi connectivity index (χ0) is 9.54. The minimum atomic E-state index is 1.05. The summed E-state index contributed by atoms with van der Waals surface area (Å²) in [5.41, 5.74) is 5.58. The van der Waals surface area contributed by atoms with Gasteiger partial charge in [-0.3, -0.25) is 0 Å². The fraction of sp³-hybridized carbons (Fsp3) is 0.0769. The molecule has 0 nitrogen and oxygen atoms in total. The average Bonchev–Trinajstić information content (AvgIpc) is 2.59. The molecule has 0 aliphatic heterocycles. The van der Waals surface area contributed by atoms with Gasteiger partial charge in [0.25, 0.3) is 0 Å². The Kier molecular flexibility index (Phi) is 1.76. The third kappa shape index (κ3) is 1.06. The van der Waals surface area contributed by atoms with Gasteiger partial charge in [0, 0.05) is 0 Å². The van der Waals surface area contributed by atoms with Crippen molar-refractivity contribution in [3.8, 4) is 11.1 Å². The van der Waals surface area contributed by atoms with E-state index in [4.69, 9.17) is 0 Å². The van der Waals surface area contributed by atoms with Crippen LogP contribution in [0.1, 0.15) is 11.1 Å². The molecule has 0 saturated heterocycles. The molecule has 0 atom stereocenters. The predicted octanol–water partition coefficient (Wildman–Crippen LogP) is 2.43. The van der Waals surface area contributed by atoms with Crippen molar-refractivity contribution in [3.05, 3.63) is 53.6 Å². The summed E-state index contributed by atoms with van der Waals surface area (Å²) in [6.07, 6.45) is 1.05. The van der Waals surface area contributed by atoms with Crippen LogP contribution in [0.25, 0.3) is 11.1 Å². The van der Waals surface area contributed by atoms with E-state index in [-0.39, 0.29) is 0 Å². The van der Waals surface area contributed by atoms with E-state index in [0.29, 0.717) is 0 Å². The van der Waals surface area contributed by atoms with Crippen LogP contribution in [0.3, 0.4) is 0 Å². The first-order valence-corrected chi connectivity index (χ1v) is 5.26. The summed E-state index contributed by atoms with van der Waals surface area (Å²) in [5.74, 6) is 0. The Balaban J connectivity index is 2.33. The van der Waals surface area contributed by atoms with Crippen LogP contribution < -0.4 is 4.46 Å². The molecule has 69 valence electrons. The van der Waals surface area contributed by atoms with E-state index in [1.807, 2.05) is 0 Å². The van der Waals surface area contributed by atoms with Gasteiger partial charge in [0.15, 0.2) is 0 Å². The van der Waals surface area contributed by atoms with Gasteiger partial charge in [-0.1, -0.05) is 0 Å². The van der Waals surface area contributed by atoms with Gasteiger partial charge in [0.05, 0.1) is 0 Å². The van der Waals surface area contributed by atoms with Gasteiger partial charge in [-0.15, -0.1) is 0 Å². The molecule has 1 heteroatoms. The fourth-order valence-electron chi connectivity index (χ4n) is 2.11. The standard InChI is InChI=1S/C13H9.Fe/c1-3-7-12-10(5-1)9-11-6-2-4-8-13(11)12;/h1-5,7-8H,9H2;. The zero-order valence-corrected chi connectivity index (χ0v) is 8.71. The summed E-state index contributed by atoms with van der Waals surface area (Å²) >= 11 is 4.08. The van der Waals surface area contributed by atoms with Crippen LogP contribution in [0.4, 0.5) is 0 Å². The minimum absolute atomic E-state index is 1.05. The van der Waals surface area contributed by atoms with Gasteiger partial charge in [-0.2, -0.15) is 0 Å². The third-order valence-electron chi connectivity index (χ3n) is 2.78. The monoisotopic (exact) mass is 221 g/mol. The Bertz CT molecular complexity index is 500. The van der Waals surface area contributed by atoms with E-state index in [1.165, 1.54) is 26.7 Å². The van der Waals surface area contributed by atoms with Crippen molar-refractivity contribution in [3.63, 3.8) is 0 Å². The molecule has 0 heterocycles. The molecule has 1 aliphatic carbocycles. The summed E-state index contributed by atoms with van der Waals surface area (Å²) < 4.78 is 1.17. The van der Waals surface area contributed by atoms with E-state index < -0.39 is 0 Å². The van der Waals surface area contributed by atoms with Crippen molar-refractivity contribution in [2.24, 2.45) is 0 Å². The number of fused-ring (bicyclic) bond motifs is 3. The van der Waals surface area contributed by atoms with Crippen LogP contribution in [-0.4, -0.2) is 0 Å². The van der Waals surface area contributed by atoms with Gasteiger partial charge in [-0.25, -0.2) is 0 Å². The van der Waals surface area contributed by atoms with E-state index in [0.717, 1.165) is 6.42 Å². The van der Waals surface area contributed by atoms with E-state index >= 15 is 0 Å². The van der Waals surface area contributed by atoms with Crippen molar-refractivity contribution >= 4 is 4.46 Å². The van der Waals surface area contributed by atoms with Gasteiger partial charge < -0.3 is 0 Å². The second-order valence-corrected chi connectivity index (χ2v) is 4.18. The maximum absolute atomic E-state index is 4.08. The molecule has 3 rings (SSSR count). The molecule has 2 aromatic carbocycles. The zero-order valence-electron chi connectivity index (χ0n) is 7.60. The number of benzene rings is 2. The molecular formula is C13H9Fe. The first kappa shape index (κ1) is 8.28. The molecule has 0 N–H and O–H groups in total. The van der Waals surface area contributed by atoms with Crippen LogP contribution in [0.15, 0.2) is 42.5 Å². The molecule has 0 amide bonds. The Morgan fingerprint density at radius 2 is 1.64 bits per heavy atom. The predicted molar refractivity (Wildman–Crippen MR) is 54.3 cm³/mol. The van der Waals surface area contributed by atoms with E-state index in [1.54, 1.807) is 0 Å². The number of rotatable bonds is 0. The first-order chi connectivity index (χ1) is 6.86. The molecule has 1 aliphatic rings. The van der Waals surface area contributed by atoms with Gasteiger partial charge in [-0.05, 0) is 0 Å². The second kappa shape index (κ2) is 2.98. The van der Waals surface area contributed by atoms with Crippen LogP contribution in [0.2, 0.25) is 0 Å². The molecule has 14 heavy (non-hydrogen) atoms. The Labute approximate surface area is 91.8 Å². The molecule has 0 fully saturated rings. The molecule has 0 unspecified atom stereocenters. The van der Waals surface area contributed by atoms with E-state index in [2.05, 4.69) is 58.5 Å². The number of hydrogen-bond donors (Lipinski definition) is 0. The van der Waals surface area contributed by atoms with Crippen molar-refractivity contribution in [2.75, 3.05) is 0 Å². The first-order valence-electron chi connectivity index (χ1n) is 4.71. The Morgan fingerprint density at radius 3 is 2.57 bits per heavy atom. The normalized spacial score (nSPS) is 12.4. The third-order valence-corrected chi connectivity index (χ3v) is 3.30. The van der Waals surface area contributed by atoms with Crippen LogP contribution >= 0.6 is 0 Å². The van der Waals surface area contributed by atoms with Crippen molar-refractivity contribution in [2.45, 2.75) is 6.42 Å². The molecule has 0 bridgehead atoms. The average molecular weight is 221 g/mol. The van der Waals surface area contributed by atoms with Gasteiger partial charge in [0.2, 0.25) is 0 Å². The van der Waals surface area contributed by atoms with Crippen molar-refractivity contribution < 1.29 is 16.0 Å². The second-order valence-electron chi connectivity index (χ2n) is 3.59. The van der Waals surface area contributed by atoms with Crippen molar-refractivity contribution in [1.82, 2.24) is 0 Å².